The van der Waals surface area contributed by atoms with Gasteiger partial charge in [-0.15, -0.1) is 0 Å². The second-order valence-electron chi connectivity index (χ2n) is 3.94. The van der Waals surface area contributed by atoms with Crippen LogP contribution < -0.4 is 5.32 Å². The molecule has 1 heterocycles. The summed E-state index contributed by atoms with van der Waals surface area (Å²) < 4.78 is 0. The number of rotatable bonds is 2. The number of carbonyl (C=O) groups is 1. The van der Waals surface area contributed by atoms with Gasteiger partial charge in [0.15, 0.2) is 5.82 Å². The van der Waals surface area contributed by atoms with Gasteiger partial charge in [-0.3, -0.25) is 9.89 Å². The molecule has 0 aliphatic rings. The fraction of sp³-hybridized carbons (Fsp3) is 0.167. The largest absolute Gasteiger partial charge is 0.508 e. The predicted molar refractivity (Wildman–Crippen MR) is 69.1 cm³/mol. The van der Waals surface area contributed by atoms with Crippen molar-refractivity contribution in [2.75, 3.05) is 5.32 Å². The second kappa shape index (κ2) is 4.70. The highest BCUT2D eigenvalue weighted by molar-refractivity contribution is 6.34. The molecule has 0 fully saturated rings. The number of anilines is 1. The number of aromatic nitrogens is 2. The van der Waals surface area contributed by atoms with Crippen molar-refractivity contribution in [2.45, 2.75) is 13.8 Å². The lowest BCUT2D eigenvalue weighted by Gasteiger charge is -2.05. The molecule has 2 rings (SSSR count). The third-order valence-electron chi connectivity index (χ3n) is 2.68. The van der Waals surface area contributed by atoms with Crippen LogP contribution in [0.4, 0.5) is 5.82 Å². The van der Waals surface area contributed by atoms with Gasteiger partial charge in [0, 0.05) is 11.3 Å². The van der Waals surface area contributed by atoms with Gasteiger partial charge >= 0.3 is 0 Å². The number of phenols is 1. The first kappa shape index (κ1) is 12.4. The summed E-state index contributed by atoms with van der Waals surface area (Å²) in [6, 6.07) is 4.20. The Balaban J connectivity index is 2.27. The van der Waals surface area contributed by atoms with Crippen LogP contribution in [-0.2, 0) is 0 Å². The molecule has 1 amide bonds. The maximum Gasteiger partial charge on any atom is 0.258 e. The van der Waals surface area contributed by atoms with Crippen molar-refractivity contribution < 1.29 is 9.90 Å². The summed E-state index contributed by atoms with van der Waals surface area (Å²) in [5.41, 5.74) is 1.95. The number of halogens is 1. The van der Waals surface area contributed by atoms with Crippen molar-refractivity contribution in [1.82, 2.24) is 10.2 Å². The normalized spacial score (nSPS) is 10.4. The number of aromatic amines is 1. The molecule has 0 saturated carbocycles. The standard InChI is InChI=1S/C12H12ClN3O2/c1-6-7(2)15-16-11(6)14-12(18)9-5-8(17)3-4-10(9)13/h3-5,17H,1-2H3,(H2,14,15,16,18). The van der Waals surface area contributed by atoms with Gasteiger partial charge in [0.25, 0.3) is 5.91 Å². The third-order valence-corrected chi connectivity index (χ3v) is 3.01. The van der Waals surface area contributed by atoms with Gasteiger partial charge in [-0.05, 0) is 32.0 Å². The average Bonchev–Trinajstić information content (AvgIpc) is 2.64. The van der Waals surface area contributed by atoms with E-state index in [9.17, 15) is 9.90 Å². The van der Waals surface area contributed by atoms with Crippen LogP contribution in [0.2, 0.25) is 5.02 Å². The molecular weight excluding hydrogens is 254 g/mol. The number of hydrogen-bond donors (Lipinski definition) is 3. The molecule has 0 radical (unpaired) electrons. The molecular formula is C12H12ClN3O2. The summed E-state index contributed by atoms with van der Waals surface area (Å²) in [7, 11) is 0. The number of nitrogens with one attached hydrogen (secondary N) is 2. The summed E-state index contributed by atoms with van der Waals surface area (Å²) in [5, 5.41) is 19.0. The van der Waals surface area contributed by atoms with Gasteiger partial charge < -0.3 is 10.4 Å². The van der Waals surface area contributed by atoms with Crippen LogP contribution in [0, 0.1) is 13.8 Å². The Bertz CT molecular complexity index is 607. The molecule has 0 aliphatic heterocycles. The molecule has 94 valence electrons. The number of hydrogen-bond acceptors (Lipinski definition) is 3. The molecule has 1 aromatic carbocycles. The Morgan fingerprint density at radius 2 is 2.17 bits per heavy atom. The van der Waals surface area contributed by atoms with Gasteiger partial charge in [0.2, 0.25) is 0 Å². The van der Waals surface area contributed by atoms with Crippen LogP contribution in [-0.4, -0.2) is 21.2 Å². The number of aryl methyl sites for hydroxylation is 1. The van der Waals surface area contributed by atoms with Gasteiger partial charge in [0.1, 0.15) is 5.75 Å². The topological polar surface area (TPSA) is 78.0 Å². The molecule has 0 unspecified atom stereocenters. The van der Waals surface area contributed by atoms with Crippen molar-refractivity contribution >= 4 is 23.3 Å². The van der Waals surface area contributed by atoms with Gasteiger partial charge in [-0.2, -0.15) is 5.10 Å². The Hall–Kier alpha value is -2.01. The number of amides is 1. The van der Waals surface area contributed by atoms with E-state index in [1.807, 2.05) is 13.8 Å². The number of H-pyrrole nitrogens is 1. The van der Waals surface area contributed by atoms with E-state index >= 15 is 0 Å². The summed E-state index contributed by atoms with van der Waals surface area (Å²) in [5.74, 6) is 0.0295. The Kier molecular flexibility index (Phi) is 3.25. The van der Waals surface area contributed by atoms with Crippen LogP contribution in [0.3, 0.4) is 0 Å². The first-order valence-electron chi connectivity index (χ1n) is 5.30. The first-order chi connectivity index (χ1) is 8.49. The zero-order valence-corrected chi connectivity index (χ0v) is 10.7. The van der Waals surface area contributed by atoms with Gasteiger partial charge in [-0.25, -0.2) is 0 Å². The summed E-state index contributed by atoms with van der Waals surface area (Å²) in [6.45, 7) is 3.71. The number of nitrogens with zero attached hydrogens (tertiary/aromatic N) is 1. The van der Waals surface area contributed by atoms with Crippen molar-refractivity contribution in [2.24, 2.45) is 0 Å². The van der Waals surface area contributed by atoms with E-state index in [-0.39, 0.29) is 16.3 Å². The van der Waals surface area contributed by atoms with Crippen molar-refractivity contribution in [3.63, 3.8) is 0 Å². The SMILES string of the molecule is Cc1[nH]nc(NC(=O)c2cc(O)ccc2Cl)c1C. The molecule has 1 aromatic heterocycles. The molecule has 0 saturated heterocycles. The van der Waals surface area contributed by atoms with Crippen molar-refractivity contribution in [3.8, 4) is 5.75 Å². The van der Waals surface area contributed by atoms with Crippen molar-refractivity contribution in [3.05, 3.63) is 40.0 Å². The molecule has 2 aromatic rings. The fourth-order valence-corrected chi connectivity index (χ4v) is 1.67. The Morgan fingerprint density at radius 3 is 2.78 bits per heavy atom. The molecule has 18 heavy (non-hydrogen) atoms. The minimum atomic E-state index is -0.412. The van der Waals surface area contributed by atoms with Gasteiger partial charge in [0.05, 0.1) is 10.6 Å². The predicted octanol–water partition coefficient (Wildman–Crippen LogP) is 2.64. The van der Waals surface area contributed by atoms with E-state index in [4.69, 9.17) is 11.6 Å². The minimum Gasteiger partial charge on any atom is -0.508 e. The molecule has 5 nitrogen and oxygen atoms in total. The van der Waals surface area contributed by atoms with E-state index in [1.54, 1.807) is 0 Å². The van der Waals surface area contributed by atoms with Crippen LogP contribution >= 0.6 is 11.6 Å². The summed E-state index contributed by atoms with van der Waals surface area (Å²) >= 11 is 5.90. The maximum atomic E-state index is 12.0. The lowest BCUT2D eigenvalue weighted by atomic mass is 10.2. The summed E-state index contributed by atoms with van der Waals surface area (Å²) in [6.07, 6.45) is 0. The quantitative estimate of drug-likeness (QED) is 0.781. The number of phenolic OH excluding ortho intramolecular Hbond substituents is 1. The van der Waals surface area contributed by atoms with Crippen LogP contribution in [0.1, 0.15) is 21.6 Å². The fourth-order valence-electron chi connectivity index (χ4n) is 1.47. The molecule has 6 heteroatoms. The number of aromatic hydroxyl groups is 1. The Morgan fingerprint density at radius 1 is 1.44 bits per heavy atom. The number of benzene rings is 1. The van der Waals surface area contributed by atoms with E-state index < -0.39 is 5.91 Å². The molecule has 0 aliphatic carbocycles. The molecule has 3 N–H and O–H groups in total. The second-order valence-corrected chi connectivity index (χ2v) is 4.35. The molecule has 0 spiro atoms. The van der Waals surface area contributed by atoms with E-state index in [2.05, 4.69) is 15.5 Å². The van der Waals surface area contributed by atoms with E-state index in [1.165, 1.54) is 18.2 Å². The summed E-state index contributed by atoms with van der Waals surface area (Å²) in [4.78, 5) is 12.0. The van der Waals surface area contributed by atoms with Crippen LogP contribution in [0.5, 0.6) is 5.75 Å². The zero-order valence-electron chi connectivity index (χ0n) is 9.91. The van der Waals surface area contributed by atoms with E-state index in [0.717, 1.165) is 11.3 Å². The maximum absolute atomic E-state index is 12.0. The monoisotopic (exact) mass is 265 g/mol. The highest BCUT2D eigenvalue weighted by atomic mass is 35.5. The minimum absolute atomic E-state index is 0.0144. The average molecular weight is 266 g/mol. The lowest BCUT2D eigenvalue weighted by Crippen LogP contribution is -2.13. The smallest absolute Gasteiger partial charge is 0.258 e. The first-order valence-corrected chi connectivity index (χ1v) is 5.68. The highest BCUT2D eigenvalue weighted by Crippen LogP contribution is 2.23. The number of carbonyl (C=O) groups excluding carboxylic acids is 1. The zero-order chi connectivity index (χ0) is 13.3. The third kappa shape index (κ3) is 2.31. The van der Waals surface area contributed by atoms with E-state index in [0.29, 0.717) is 5.82 Å². The van der Waals surface area contributed by atoms with Crippen LogP contribution in [0.25, 0.3) is 0 Å². The molecule has 0 bridgehead atoms. The van der Waals surface area contributed by atoms with Gasteiger partial charge in [-0.1, -0.05) is 11.6 Å². The van der Waals surface area contributed by atoms with Crippen molar-refractivity contribution in [1.29, 1.82) is 0 Å². The van der Waals surface area contributed by atoms with Crippen LogP contribution in [0.15, 0.2) is 18.2 Å². The highest BCUT2D eigenvalue weighted by Gasteiger charge is 2.14. The lowest BCUT2D eigenvalue weighted by molar-refractivity contribution is 0.102. The molecule has 0 atom stereocenters. The Labute approximate surface area is 109 Å².